The molecule has 0 radical (unpaired) electrons. The molecule has 0 atom stereocenters. The first-order chi connectivity index (χ1) is 14.2. The fourth-order valence-electron chi connectivity index (χ4n) is 2.80. The Hall–Kier alpha value is -3.16. The van der Waals surface area contributed by atoms with E-state index in [1.807, 2.05) is 53.9 Å². The molecule has 0 saturated carbocycles. The van der Waals surface area contributed by atoms with E-state index in [-0.39, 0.29) is 6.03 Å². The number of rotatable bonds is 6. The van der Waals surface area contributed by atoms with Crippen molar-refractivity contribution in [2.45, 2.75) is 13.0 Å². The number of H-pyrrole nitrogens is 1. The van der Waals surface area contributed by atoms with Crippen LogP contribution in [0.1, 0.15) is 16.1 Å². The lowest BCUT2D eigenvalue weighted by Crippen LogP contribution is -2.27. The average Bonchev–Trinajstić information content (AvgIpc) is 3.40. The van der Waals surface area contributed by atoms with Crippen LogP contribution >= 0.6 is 22.9 Å². The first kappa shape index (κ1) is 19.2. The highest BCUT2D eigenvalue weighted by Crippen LogP contribution is 2.29. The number of aromatic amines is 1. The number of nitrogens with one attached hydrogen (secondary N) is 3. The van der Waals surface area contributed by atoms with Gasteiger partial charge >= 0.3 is 6.03 Å². The largest absolute Gasteiger partial charge is 0.334 e. The molecule has 146 valence electrons. The molecule has 0 aliphatic rings. The zero-order valence-corrected chi connectivity index (χ0v) is 16.9. The fourth-order valence-corrected chi connectivity index (χ4v) is 3.86. The number of halogens is 1. The molecule has 0 unspecified atom stereocenters. The Morgan fingerprint density at radius 3 is 2.69 bits per heavy atom. The number of hydrogen-bond acceptors (Lipinski definition) is 4. The third kappa shape index (κ3) is 5.01. The highest BCUT2D eigenvalue weighted by Gasteiger charge is 2.09. The molecule has 2 aromatic carbocycles. The zero-order valence-electron chi connectivity index (χ0n) is 15.4. The van der Waals surface area contributed by atoms with Crippen molar-refractivity contribution < 1.29 is 4.79 Å². The van der Waals surface area contributed by atoms with Crippen LogP contribution in [-0.2, 0) is 13.0 Å². The van der Waals surface area contributed by atoms with Gasteiger partial charge in [0.25, 0.3) is 0 Å². The topological polar surface area (TPSA) is 82.7 Å². The Labute approximate surface area is 177 Å². The van der Waals surface area contributed by atoms with Crippen molar-refractivity contribution in [3.05, 3.63) is 87.5 Å². The molecule has 0 aliphatic heterocycles. The Bertz CT molecular complexity index is 1090. The van der Waals surface area contributed by atoms with Gasteiger partial charge in [-0.25, -0.2) is 9.78 Å². The van der Waals surface area contributed by atoms with E-state index in [1.165, 1.54) is 0 Å². The molecule has 0 bridgehead atoms. The van der Waals surface area contributed by atoms with Gasteiger partial charge in [-0.1, -0.05) is 41.9 Å². The van der Waals surface area contributed by atoms with E-state index in [9.17, 15) is 4.79 Å². The van der Waals surface area contributed by atoms with Gasteiger partial charge in [-0.15, -0.1) is 11.3 Å². The summed E-state index contributed by atoms with van der Waals surface area (Å²) >= 11 is 7.87. The van der Waals surface area contributed by atoms with Crippen LogP contribution in [0.2, 0.25) is 5.02 Å². The molecule has 4 rings (SSSR count). The quantitative estimate of drug-likeness (QED) is 0.403. The van der Waals surface area contributed by atoms with Crippen molar-refractivity contribution >= 4 is 34.7 Å². The van der Waals surface area contributed by atoms with Crippen LogP contribution in [-0.4, -0.2) is 21.2 Å². The Morgan fingerprint density at radius 2 is 1.93 bits per heavy atom. The lowest BCUT2D eigenvalue weighted by Gasteiger charge is -2.07. The predicted octanol–water partition coefficient (Wildman–Crippen LogP) is 5.10. The number of carbonyl (C=O) groups excluding carboxylic acids is 1. The van der Waals surface area contributed by atoms with Gasteiger partial charge in [0.2, 0.25) is 0 Å². The molecule has 2 heterocycles. The summed E-state index contributed by atoms with van der Waals surface area (Å²) in [6.07, 6.45) is 4.14. The molecule has 0 spiro atoms. The standard InChI is InChI=1S/C21H18ClN5OS/c22-18-4-2-1-3-17(18)19-13-29-20(27-19)9-14-5-7-16(8-6-14)26-21(28)23-10-15-11-24-25-12-15/h1-8,11-13H,9-10H2,(H,24,25)(H2,23,26,28). The van der Waals surface area contributed by atoms with Crippen molar-refractivity contribution in [2.75, 3.05) is 5.32 Å². The minimum atomic E-state index is -0.261. The number of thiazole rings is 1. The highest BCUT2D eigenvalue weighted by molar-refractivity contribution is 7.10. The van der Waals surface area contributed by atoms with Gasteiger partial charge in [0, 0.05) is 46.4 Å². The first-order valence-electron chi connectivity index (χ1n) is 8.98. The van der Waals surface area contributed by atoms with Crippen LogP contribution in [0.5, 0.6) is 0 Å². The predicted molar refractivity (Wildman–Crippen MR) is 116 cm³/mol. The maximum atomic E-state index is 12.0. The van der Waals surface area contributed by atoms with Crippen LogP contribution in [0.15, 0.2) is 66.3 Å². The summed E-state index contributed by atoms with van der Waals surface area (Å²) in [7, 11) is 0. The van der Waals surface area contributed by atoms with Crippen LogP contribution in [0.3, 0.4) is 0 Å². The fraction of sp³-hybridized carbons (Fsp3) is 0.0952. The van der Waals surface area contributed by atoms with Crippen molar-refractivity contribution in [1.29, 1.82) is 0 Å². The second-order valence-corrected chi connectivity index (χ2v) is 7.74. The van der Waals surface area contributed by atoms with Gasteiger partial charge in [-0.3, -0.25) is 5.10 Å². The smallest absolute Gasteiger partial charge is 0.319 e. The van der Waals surface area contributed by atoms with Gasteiger partial charge in [0.15, 0.2) is 0 Å². The average molecular weight is 424 g/mol. The monoisotopic (exact) mass is 423 g/mol. The molecule has 0 fully saturated rings. The number of carbonyl (C=O) groups is 1. The lowest BCUT2D eigenvalue weighted by atomic mass is 10.1. The lowest BCUT2D eigenvalue weighted by molar-refractivity contribution is 0.251. The summed E-state index contributed by atoms with van der Waals surface area (Å²) in [4.78, 5) is 16.7. The van der Waals surface area contributed by atoms with Crippen molar-refractivity contribution in [3.63, 3.8) is 0 Å². The van der Waals surface area contributed by atoms with E-state index < -0.39 is 0 Å². The molecular weight excluding hydrogens is 406 g/mol. The van der Waals surface area contributed by atoms with E-state index >= 15 is 0 Å². The third-order valence-corrected chi connectivity index (χ3v) is 5.46. The van der Waals surface area contributed by atoms with E-state index in [0.717, 1.165) is 39.5 Å². The molecule has 0 aliphatic carbocycles. The Balaban J connectivity index is 1.34. The molecule has 6 nitrogen and oxygen atoms in total. The number of aromatic nitrogens is 3. The van der Waals surface area contributed by atoms with Crippen LogP contribution < -0.4 is 10.6 Å². The first-order valence-corrected chi connectivity index (χ1v) is 10.2. The second kappa shape index (κ2) is 8.89. The summed E-state index contributed by atoms with van der Waals surface area (Å²) in [6.45, 7) is 0.415. The van der Waals surface area contributed by atoms with E-state index in [1.54, 1.807) is 23.7 Å². The maximum absolute atomic E-state index is 12.0. The number of nitrogens with zero attached hydrogens (tertiary/aromatic N) is 2. The molecular formula is C21H18ClN5OS. The molecule has 4 aromatic rings. The maximum Gasteiger partial charge on any atom is 0.319 e. The Kier molecular flexibility index (Phi) is 5.88. The van der Waals surface area contributed by atoms with Gasteiger partial charge < -0.3 is 10.6 Å². The summed E-state index contributed by atoms with van der Waals surface area (Å²) < 4.78 is 0. The van der Waals surface area contributed by atoms with Gasteiger partial charge in [-0.2, -0.15) is 5.10 Å². The Morgan fingerprint density at radius 1 is 1.10 bits per heavy atom. The molecule has 2 aromatic heterocycles. The molecule has 8 heteroatoms. The van der Waals surface area contributed by atoms with Crippen molar-refractivity contribution in [2.24, 2.45) is 0 Å². The number of hydrogen-bond donors (Lipinski definition) is 3. The molecule has 3 N–H and O–H groups in total. The number of benzene rings is 2. The molecule has 0 saturated heterocycles. The van der Waals surface area contributed by atoms with E-state index in [0.29, 0.717) is 11.6 Å². The molecule has 29 heavy (non-hydrogen) atoms. The SMILES string of the molecule is O=C(NCc1cn[nH]c1)Nc1ccc(Cc2nc(-c3ccccc3Cl)cs2)cc1. The summed E-state index contributed by atoms with van der Waals surface area (Å²) in [6, 6.07) is 15.2. The highest BCUT2D eigenvalue weighted by atomic mass is 35.5. The minimum Gasteiger partial charge on any atom is -0.334 e. The van der Waals surface area contributed by atoms with Gasteiger partial charge in [0.05, 0.1) is 16.9 Å². The van der Waals surface area contributed by atoms with Crippen molar-refractivity contribution in [1.82, 2.24) is 20.5 Å². The van der Waals surface area contributed by atoms with Crippen LogP contribution in [0.4, 0.5) is 10.5 Å². The number of urea groups is 1. The van der Waals surface area contributed by atoms with Crippen LogP contribution in [0.25, 0.3) is 11.3 Å². The summed E-state index contributed by atoms with van der Waals surface area (Å²) in [5.41, 5.74) is 4.60. The summed E-state index contributed by atoms with van der Waals surface area (Å²) in [5.74, 6) is 0. The van der Waals surface area contributed by atoms with Crippen LogP contribution in [0, 0.1) is 0 Å². The van der Waals surface area contributed by atoms with E-state index in [2.05, 4.69) is 20.8 Å². The molecule has 2 amide bonds. The third-order valence-electron chi connectivity index (χ3n) is 4.28. The zero-order chi connectivity index (χ0) is 20.1. The number of anilines is 1. The van der Waals surface area contributed by atoms with Crippen molar-refractivity contribution in [3.8, 4) is 11.3 Å². The normalized spacial score (nSPS) is 10.7. The van der Waals surface area contributed by atoms with Gasteiger partial charge in [0.1, 0.15) is 0 Å². The number of amides is 2. The van der Waals surface area contributed by atoms with Gasteiger partial charge in [-0.05, 0) is 23.8 Å². The summed E-state index contributed by atoms with van der Waals surface area (Å²) in [5, 5.41) is 15.9. The second-order valence-electron chi connectivity index (χ2n) is 6.39. The van der Waals surface area contributed by atoms with E-state index in [4.69, 9.17) is 16.6 Å². The minimum absolute atomic E-state index is 0.261.